The van der Waals surface area contributed by atoms with Crippen LogP contribution in [0.15, 0.2) is 53.2 Å². The first-order valence-electron chi connectivity index (χ1n) is 9.40. The Bertz CT molecular complexity index is 1130. The molecular formula is C22H21N3O2. The Hall–Kier alpha value is -3.08. The van der Waals surface area contributed by atoms with Crippen molar-refractivity contribution < 1.29 is 9.21 Å². The molecule has 27 heavy (non-hydrogen) atoms. The Morgan fingerprint density at radius 3 is 2.93 bits per heavy atom. The van der Waals surface area contributed by atoms with Crippen LogP contribution in [0.4, 0.5) is 0 Å². The molecule has 0 bridgehead atoms. The van der Waals surface area contributed by atoms with Crippen LogP contribution in [0.2, 0.25) is 0 Å². The highest BCUT2D eigenvalue weighted by molar-refractivity contribution is 5.98. The van der Waals surface area contributed by atoms with Crippen molar-refractivity contribution >= 4 is 27.9 Å². The number of carbonyl (C=O) groups excluding carboxylic acids is 1. The lowest BCUT2D eigenvalue weighted by Crippen LogP contribution is -2.37. The highest BCUT2D eigenvalue weighted by Gasteiger charge is 2.26. The second-order valence-corrected chi connectivity index (χ2v) is 7.32. The van der Waals surface area contributed by atoms with E-state index in [-0.39, 0.29) is 5.91 Å². The Kier molecular flexibility index (Phi) is 3.74. The Balaban J connectivity index is 1.32. The summed E-state index contributed by atoms with van der Waals surface area (Å²) in [4.78, 5) is 22.5. The first kappa shape index (κ1) is 16.1. The highest BCUT2D eigenvalue weighted by atomic mass is 16.3. The molecule has 1 aromatic carbocycles. The molecule has 0 saturated carbocycles. The molecular weight excluding hydrogens is 338 g/mol. The predicted octanol–water partition coefficient (Wildman–Crippen LogP) is 4.64. The molecule has 1 amide bonds. The van der Waals surface area contributed by atoms with Gasteiger partial charge in [-0.05, 0) is 67.6 Å². The minimum absolute atomic E-state index is 0.106. The van der Waals surface area contributed by atoms with Crippen LogP contribution in [0.1, 0.15) is 40.4 Å². The first-order valence-corrected chi connectivity index (χ1v) is 9.40. The van der Waals surface area contributed by atoms with Crippen LogP contribution in [0, 0.1) is 6.92 Å². The van der Waals surface area contributed by atoms with E-state index in [9.17, 15) is 4.79 Å². The summed E-state index contributed by atoms with van der Waals surface area (Å²) in [6.07, 6.45) is 5.83. The molecule has 1 aliphatic heterocycles. The lowest BCUT2D eigenvalue weighted by Gasteiger charge is -2.32. The molecule has 1 fully saturated rings. The highest BCUT2D eigenvalue weighted by Crippen LogP contribution is 2.33. The number of rotatable bonds is 2. The van der Waals surface area contributed by atoms with Crippen LogP contribution in [0.25, 0.3) is 22.0 Å². The average molecular weight is 359 g/mol. The van der Waals surface area contributed by atoms with Crippen molar-refractivity contribution in [1.82, 2.24) is 14.9 Å². The van der Waals surface area contributed by atoms with E-state index in [4.69, 9.17) is 4.42 Å². The Labute approximate surface area is 157 Å². The quantitative estimate of drug-likeness (QED) is 0.567. The van der Waals surface area contributed by atoms with Gasteiger partial charge in [0, 0.05) is 41.8 Å². The van der Waals surface area contributed by atoms with Crippen molar-refractivity contribution in [3.05, 3.63) is 65.7 Å². The molecule has 1 N–H and O–H groups in total. The number of piperidine rings is 1. The van der Waals surface area contributed by atoms with Gasteiger partial charge in [-0.15, -0.1) is 0 Å². The molecule has 1 aliphatic rings. The zero-order valence-electron chi connectivity index (χ0n) is 15.2. The number of benzene rings is 1. The monoisotopic (exact) mass is 359 g/mol. The maximum absolute atomic E-state index is 12.9. The minimum Gasteiger partial charge on any atom is -0.461 e. The van der Waals surface area contributed by atoms with Gasteiger partial charge in [0.05, 0.1) is 0 Å². The second-order valence-electron chi connectivity index (χ2n) is 7.32. The molecule has 4 aromatic rings. The third-order valence-electron chi connectivity index (χ3n) is 5.59. The molecule has 0 atom stereocenters. The van der Waals surface area contributed by atoms with Gasteiger partial charge >= 0.3 is 0 Å². The molecule has 5 nitrogen and oxygen atoms in total. The number of hydrogen-bond acceptors (Lipinski definition) is 3. The van der Waals surface area contributed by atoms with Gasteiger partial charge in [0.2, 0.25) is 0 Å². The van der Waals surface area contributed by atoms with E-state index >= 15 is 0 Å². The lowest BCUT2D eigenvalue weighted by atomic mass is 9.89. The molecule has 1 saturated heterocycles. The van der Waals surface area contributed by atoms with E-state index in [0.29, 0.717) is 5.92 Å². The number of pyridine rings is 1. The topological polar surface area (TPSA) is 62.1 Å². The van der Waals surface area contributed by atoms with E-state index in [1.165, 1.54) is 10.9 Å². The smallest absolute Gasteiger partial charge is 0.253 e. The van der Waals surface area contributed by atoms with E-state index in [1.807, 2.05) is 48.4 Å². The SMILES string of the molecule is Cc1cc2cc(C(=O)N3CCC(c4c[nH]c5ncccc45)CC3)ccc2o1. The summed E-state index contributed by atoms with van der Waals surface area (Å²) in [7, 11) is 0. The standard InChI is InChI=1S/C22H21N3O2/c1-14-11-17-12-16(4-5-20(17)27-14)22(26)25-9-6-15(7-10-25)19-13-24-21-18(19)3-2-8-23-21/h2-5,8,11-13,15H,6-7,9-10H2,1H3,(H,23,24). The fraction of sp³-hybridized carbons (Fsp3) is 0.273. The number of hydrogen-bond donors (Lipinski definition) is 1. The first-order chi connectivity index (χ1) is 13.2. The number of carbonyl (C=O) groups is 1. The summed E-state index contributed by atoms with van der Waals surface area (Å²) in [5, 5.41) is 2.18. The maximum atomic E-state index is 12.9. The number of likely N-dealkylation sites (tertiary alicyclic amines) is 1. The number of fused-ring (bicyclic) bond motifs is 2. The number of aryl methyl sites for hydroxylation is 1. The van der Waals surface area contributed by atoms with Crippen LogP contribution in [0.5, 0.6) is 0 Å². The average Bonchev–Trinajstić information content (AvgIpc) is 3.29. The Morgan fingerprint density at radius 1 is 1.22 bits per heavy atom. The van der Waals surface area contributed by atoms with Gasteiger partial charge in [-0.1, -0.05) is 0 Å². The number of nitrogens with zero attached hydrogens (tertiary/aromatic N) is 2. The van der Waals surface area contributed by atoms with E-state index in [2.05, 4.69) is 22.2 Å². The molecule has 0 radical (unpaired) electrons. The molecule has 3 aromatic heterocycles. The van der Waals surface area contributed by atoms with Crippen molar-refractivity contribution in [2.24, 2.45) is 0 Å². The van der Waals surface area contributed by atoms with Crippen LogP contribution >= 0.6 is 0 Å². The predicted molar refractivity (Wildman–Crippen MR) is 105 cm³/mol. The summed E-state index contributed by atoms with van der Waals surface area (Å²) < 4.78 is 5.61. The van der Waals surface area contributed by atoms with Crippen molar-refractivity contribution in [2.75, 3.05) is 13.1 Å². The van der Waals surface area contributed by atoms with Gasteiger partial charge in [0.15, 0.2) is 0 Å². The number of nitrogens with one attached hydrogen (secondary N) is 1. The Morgan fingerprint density at radius 2 is 2.07 bits per heavy atom. The summed E-state index contributed by atoms with van der Waals surface area (Å²) in [6.45, 7) is 3.48. The largest absolute Gasteiger partial charge is 0.461 e. The van der Waals surface area contributed by atoms with E-state index in [1.54, 1.807) is 0 Å². The zero-order valence-corrected chi connectivity index (χ0v) is 15.2. The summed E-state index contributed by atoms with van der Waals surface area (Å²) in [5.74, 6) is 1.43. The van der Waals surface area contributed by atoms with Crippen LogP contribution in [-0.4, -0.2) is 33.9 Å². The summed E-state index contributed by atoms with van der Waals surface area (Å²) >= 11 is 0. The number of amides is 1. The van der Waals surface area contributed by atoms with Gasteiger partial charge in [-0.25, -0.2) is 4.98 Å². The number of furan rings is 1. The zero-order chi connectivity index (χ0) is 18.4. The maximum Gasteiger partial charge on any atom is 0.253 e. The molecule has 0 aliphatic carbocycles. The van der Waals surface area contributed by atoms with Gasteiger partial charge in [-0.3, -0.25) is 4.79 Å². The van der Waals surface area contributed by atoms with Crippen molar-refractivity contribution in [3.8, 4) is 0 Å². The van der Waals surface area contributed by atoms with Gasteiger partial charge in [0.1, 0.15) is 17.0 Å². The fourth-order valence-electron chi connectivity index (χ4n) is 4.20. The van der Waals surface area contributed by atoms with Gasteiger partial charge < -0.3 is 14.3 Å². The molecule has 0 unspecified atom stereocenters. The van der Waals surface area contributed by atoms with E-state index in [0.717, 1.165) is 53.9 Å². The normalized spacial score (nSPS) is 15.7. The minimum atomic E-state index is 0.106. The summed E-state index contributed by atoms with van der Waals surface area (Å²) in [6, 6.07) is 11.8. The lowest BCUT2D eigenvalue weighted by molar-refractivity contribution is 0.0713. The van der Waals surface area contributed by atoms with Crippen LogP contribution < -0.4 is 0 Å². The van der Waals surface area contributed by atoms with Gasteiger partial charge in [0.25, 0.3) is 5.91 Å². The third kappa shape index (κ3) is 2.79. The molecule has 0 spiro atoms. The van der Waals surface area contributed by atoms with E-state index < -0.39 is 0 Å². The molecule has 5 heteroatoms. The number of aromatic nitrogens is 2. The van der Waals surface area contributed by atoms with Crippen molar-refractivity contribution in [1.29, 1.82) is 0 Å². The number of aromatic amines is 1. The van der Waals surface area contributed by atoms with Crippen molar-refractivity contribution in [2.45, 2.75) is 25.7 Å². The van der Waals surface area contributed by atoms with Crippen molar-refractivity contribution in [3.63, 3.8) is 0 Å². The molecule has 5 rings (SSSR count). The third-order valence-corrected chi connectivity index (χ3v) is 5.59. The van der Waals surface area contributed by atoms with Crippen LogP contribution in [0.3, 0.4) is 0 Å². The molecule has 4 heterocycles. The van der Waals surface area contributed by atoms with Crippen LogP contribution in [-0.2, 0) is 0 Å². The number of H-pyrrole nitrogens is 1. The second kappa shape index (κ2) is 6.27. The fourth-order valence-corrected chi connectivity index (χ4v) is 4.20. The molecule has 136 valence electrons. The van der Waals surface area contributed by atoms with Gasteiger partial charge in [-0.2, -0.15) is 0 Å². The summed E-state index contributed by atoms with van der Waals surface area (Å²) in [5.41, 5.74) is 3.82.